The molecule has 0 bridgehead atoms. The molecule has 11 nitrogen and oxygen atoms in total. The molecule has 3 rings (SSSR count). The van der Waals surface area contributed by atoms with Crippen molar-refractivity contribution in [3.05, 3.63) is 57.7 Å². The summed E-state index contributed by atoms with van der Waals surface area (Å²) in [6.45, 7) is 8.77. The molecule has 3 N–H and O–H groups in total. The number of imide groups is 1. The van der Waals surface area contributed by atoms with Gasteiger partial charge in [-0.05, 0) is 54.9 Å². The molecule has 208 valence electrons. The van der Waals surface area contributed by atoms with Gasteiger partial charge in [0, 0.05) is 13.5 Å². The van der Waals surface area contributed by atoms with Crippen molar-refractivity contribution >= 4 is 71.5 Å². The highest BCUT2D eigenvalue weighted by molar-refractivity contribution is 6.76. The van der Waals surface area contributed by atoms with Crippen LogP contribution in [0.1, 0.15) is 16.1 Å². The standard InChI is InChI=1S/C26H25Cl2N5O6Si/c1-14-9-15-10-17(5-6-20(15)30-22(14)25(35)38-7-8-40(2,3)4)39-23-18(27)11-16(12-19(23)28)32-33-21(13-29)24(34)31-26(36)37/h5-6,9-12,32H,7-8H2,1-4H3,(H,31,34)(H,36,37). The van der Waals surface area contributed by atoms with Gasteiger partial charge in [0.2, 0.25) is 5.71 Å². The number of fused-ring (bicyclic) bond motifs is 1. The number of anilines is 1. The molecular formula is C26H25Cl2N5O6Si. The first-order chi connectivity index (χ1) is 18.8. The minimum absolute atomic E-state index is 0.0875. The van der Waals surface area contributed by atoms with Gasteiger partial charge in [-0.25, -0.2) is 14.6 Å². The van der Waals surface area contributed by atoms with E-state index in [1.165, 1.54) is 23.5 Å². The lowest BCUT2D eigenvalue weighted by Crippen LogP contribution is -2.34. The third kappa shape index (κ3) is 8.16. The predicted molar refractivity (Wildman–Crippen MR) is 154 cm³/mol. The number of hydrogen-bond acceptors (Lipinski definition) is 9. The fourth-order valence-electron chi connectivity index (χ4n) is 3.29. The Balaban J connectivity index is 1.77. The van der Waals surface area contributed by atoms with Crippen LogP contribution in [0.15, 0.2) is 41.5 Å². The van der Waals surface area contributed by atoms with Crippen LogP contribution in [0.5, 0.6) is 11.5 Å². The number of halogens is 2. The van der Waals surface area contributed by atoms with Gasteiger partial charge in [0.25, 0.3) is 5.91 Å². The quantitative estimate of drug-likeness (QED) is 0.112. The fraction of sp³-hybridized carbons (Fsp3) is 0.231. The number of carbonyl (C=O) groups is 3. The Morgan fingerprint density at radius 3 is 2.40 bits per heavy atom. The molecular weight excluding hydrogens is 577 g/mol. The monoisotopic (exact) mass is 601 g/mol. The Bertz CT molecular complexity index is 1540. The van der Waals surface area contributed by atoms with Crippen molar-refractivity contribution in [2.75, 3.05) is 12.0 Å². The zero-order valence-corrected chi connectivity index (χ0v) is 24.5. The van der Waals surface area contributed by atoms with E-state index in [9.17, 15) is 14.4 Å². The first-order valence-electron chi connectivity index (χ1n) is 11.8. The van der Waals surface area contributed by atoms with Crippen LogP contribution in [0, 0.1) is 18.3 Å². The molecule has 0 atom stereocenters. The van der Waals surface area contributed by atoms with E-state index >= 15 is 0 Å². The number of nitriles is 1. The summed E-state index contributed by atoms with van der Waals surface area (Å²) in [6.07, 6.45) is -1.63. The van der Waals surface area contributed by atoms with Crippen molar-refractivity contribution in [2.45, 2.75) is 32.6 Å². The topological polar surface area (TPSA) is 163 Å². The van der Waals surface area contributed by atoms with E-state index in [1.54, 1.807) is 25.1 Å². The molecule has 0 saturated carbocycles. The van der Waals surface area contributed by atoms with E-state index in [-0.39, 0.29) is 27.2 Å². The van der Waals surface area contributed by atoms with Crippen LogP contribution in [0.25, 0.3) is 10.9 Å². The largest absolute Gasteiger partial charge is 0.465 e. The van der Waals surface area contributed by atoms with E-state index in [0.29, 0.717) is 23.4 Å². The van der Waals surface area contributed by atoms with Gasteiger partial charge < -0.3 is 14.6 Å². The van der Waals surface area contributed by atoms with Crippen molar-refractivity contribution in [3.63, 3.8) is 0 Å². The average Bonchev–Trinajstić information content (AvgIpc) is 2.84. The van der Waals surface area contributed by atoms with E-state index in [1.807, 2.05) is 6.07 Å². The van der Waals surface area contributed by atoms with Gasteiger partial charge in [-0.15, -0.1) is 0 Å². The van der Waals surface area contributed by atoms with Gasteiger partial charge in [0.1, 0.15) is 11.8 Å². The summed E-state index contributed by atoms with van der Waals surface area (Å²) >= 11 is 12.7. The number of hydrazone groups is 1. The maximum atomic E-state index is 12.6. The number of esters is 1. The van der Waals surface area contributed by atoms with Crippen LogP contribution >= 0.6 is 23.2 Å². The zero-order chi connectivity index (χ0) is 29.6. The number of aromatic nitrogens is 1. The molecule has 2 aromatic carbocycles. The second-order valence-corrected chi connectivity index (χ2v) is 16.2. The maximum Gasteiger partial charge on any atom is 0.411 e. The van der Waals surface area contributed by atoms with Crippen LogP contribution in [0.4, 0.5) is 10.5 Å². The molecule has 2 amide bonds. The van der Waals surface area contributed by atoms with Crippen molar-refractivity contribution in [1.82, 2.24) is 10.3 Å². The van der Waals surface area contributed by atoms with Gasteiger partial charge in [-0.2, -0.15) is 10.4 Å². The van der Waals surface area contributed by atoms with E-state index < -0.39 is 31.8 Å². The van der Waals surface area contributed by atoms with Crippen molar-refractivity contribution in [2.24, 2.45) is 5.10 Å². The Kier molecular flexibility index (Phi) is 9.70. The summed E-state index contributed by atoms with van der Waals surface area (Å²) < 4.78 is 11.4. The van der Waals surface area contributed by atoms with Crippen molar-refractivity contribution < 1.29 is 29.0 Å². The van der Waals surface area contributed by atoms with Crippen LogP contribution in [0.2, 0.25) is 35.7 Å². The highest BCUT2D eigenvalue weighted by atomic mass is 35.5. The number of rotatable bonds is 9. The number of carbonyl (C=O) groups excluding carboxylic acids is 2. The number of nitrogens with zero attached hydrogens (tertiary/aromatic N) is 3. The number of hydrogen-bond donors (Lipinski definition) is 3. The highest BCUT2D eigenvalue weighted by Crippen LogP contribution is 2.39. The highest BCUT2D eigenvalue weighted by Gasteiger charge is 2.19. The Hall–Kier alpha value is -4.18. The molecule has 0 unspecified atom stereocenters. The second-order valence-electron chi connectivity index (χ2n) is 9.77. The number of aryl methyl sites for hydroxylation is 1. The molecule has 0 saturated heterocycles. The van der Waals surface area contributed by atoms with Crippen LogP contribution in [0.3, 0.4) is 0 Å². The lowest BCUT2D eigenvalue weighted by atomic mass is 10.1. The number of carboxylic acid groups (broad SMARTS) is 1. The number of amides is 2. The molecule has 0 fully saturated rings. The summed E-state index contributed by atoms with van der Waals surface area (Å²) in [5.41, 5.74) is 3.40. The molecule has 0 radical (unpaired) electrons. The summed E-state index contributed by atoms with van der Waals surface area (Å²) in [7, 11) is -1.34. The lowest BCUT2D eigenvalue weighted by molar-refractivity contribution is -0.114. The molecule has 0 spiro atoms. The third-order valence-corrected chi connectivity index (χ3v) is 7.58. The molecule has 0 aliphatic carbocycles. The Morgan fingerprint density at radius 2 is 1.80 bits per heavy atom. The second kappa shape index (κ2) is 12.8. The van der Waals surface area contributed by atoms with Gasteiger partial charge >= 0.3 is 12.1 Å². The van der Waals surface area contributed by atoms with Crippen LogP contribution in [-0.4, -0.2) is 48.5 Å². The number of ether oxygens (including phenoxy) is 2. The first-order valence-corrected chi connectivity index (χ1v) is 16.3. The van der Waals surface area contributed by atoms with Gasteiger partial charge in [0.15, 0.2) is 11.4 Å². The summed E-state index contributed by atoms with van der Waals surface area (Å²) in [5, 5.41) is 23.6. The molecule has 0 aliphatic heterocycles. The van der Waals surface area contributed by atoms with Gasteiger partial charge in [-0.1, -0.05) is 42.8 Å². The van der Waals surface area contributed by atoms with Gasteiger partial charge in [0.05, 0.1) is 27.9 Å². The molecule has 14 heteroatoms. The Labute approximate surface area is 240 Å². The van der Waals surface area contributed by atoms with Crippen LogP contribution < -0.4 is 15.5 Å². The molecule has 3 aromatic rings. The SMILES string of the molecule is Cc1cc2cc(Oc3c(Cl)cc(NN=C(C#N)C(=O)NC(=O)O)cc3Cl)ccc2nc1C(=O)OCC[Si](C)(C)C. The smallest absolute Gasteiger partial charge is 0.411 e. The summed E-state index contributed by atoms with van der Waals surface area (Å²) in [6, 6.07) is 12.0. The number of nitrogens with one attached hydrogen (secondary N) is 2. The average molecular weight is 603 g/mol. The van der Waals surface area contributed by atoms with E-state index in [2.05, 4.69) is 35.2 Å². The minimum Gasteiger partial charge on any atom is -0.465 e. The zero-order valence-electron chi connectivity index (χ0n) is 22.0. The molecule has 0 aliphatic rings. The third-order valence-electron chi connectivity index (χ3n) is 5.31. The van der Waals surface area contributed by atoms with Crippen molar-refractivity contribution in [3.8, 4) is 17.6 Å². The maximum absolute atomic E-state index is 12.6. The van der Waals surface area contributed by atoms with Crippen LogP contribution in [-0.2, 0) is 9.53 Å². The van der Waals surface area contributed by atoms with Gasteiger partial charge in [-0.3, -0.25) is 15.5 Å². The number of pyridine rings is 1. The first kappa shape index (κ1) is 30.4. The van der Waals surface area contributed by atoms with E-state index in [4.69, 9.17) is 43.0 Å². The fourth-order valence-corrected chi connectivity index (χ4v) is 4.57. The molecule has 40 heavy (non-hydrogen) atoms. The summed E-state index contributed by atoms with van der Waals surface area (Å²) in [5.74, 6) is -1.13. The molecule has 1 heterocycles. The predicted octanol–water partition coefficient (Wildman–Crippen LogP) is 6.22. The summed E-state index contributed by atoms with van der Waals surface area (Å²) in [4.78, 5) is 39.3. The number of benzene rings is 2. The lowest BCUT2D eigenvalue weighted by Gasteiger charge is -2.15. The van der Waals surface area contributed by atoms with Crippen molar-refractivity contribution in [1.29, 1.82) is 5.26 Å². The molecule has 1 aromatic heterocycles. The Morgan fingerprint density at radius 1 is 1.12 bits per heavy atom. The normalized spacial score (nSPS) is 11.5. The van der Waals surface area contributed by atoms with E-state index in [0.717, 1.165) is 11.4 Å². The minimum atomic E-state index is -1.63.